The molecule has 6 heteroatoms. The third kappa shape index (κ3) is 3.74. The highest BCUT2D eigenvalue weighted by molar-refractivity contribution is 5.94. The molecule has 0 spiro atoms. The monoisotopic (exact) mass is 271 g/mol. The molecule has 19 heavy (non-hydrogen) atoms. The summed E-state index contributed by atoms with van der Waals surface area (Å²) in [5.41, 5.74) is -0.0785. The van der Waals surface area contributed by atoms with Crippen LogP contribution in [0.15, 0.2) is 12.1 Å². The fraction of sp³-hybridized carbons (Fsp3) is 0.385. The van der Waals surface area contributed by atoms with E-state index in [1.54, 1.807) is 6.92 Å². The summed E-state index contributed by atoms with van der Waals surface area (Å²) in [6.07, 6.45) is -0.221. The minimum Gasteiger partial charge on any atom is -0.481 e. The van der Waals surface area contributed by atoms with Gasteiger partial charge in [0.05, 0.1) is 12.0 Å². The average Bonchev–Trinajstić information content (AvgIpc) is 2.34. The third-order valence-electron chi connectivity index (χ3n) is 2.74. The topological polar surface area (TPSA) is 57.6 Å². The van der Waals surface area contributed by atoms with Gasteiger partial charge in [-0.25, -0.2) is 8.78 Å². The number of aryl methyl sites for hydroxylation is 1. The molecule has 0 aliphatic heterocycles. The van der Waals surface area contributed by atoms with E-state index < -0.39 is 23.5 Å². The molecule has 1 aromatic carbocycles. The smallest absolute Gasteiger partial charge is 0.305 e. The van der Waals surface area contributed by atoms with Crippen LogP contribution >= 0.6 is 0 Å². The van der Waals surface area contributed by atoms with Gasteiger partial charge in [-0.15, -0.1) is 0 Å². The SMILES string of the molecule is CCN(CCC(=O)O)C(=O)c1cc(C)c(F)cc1F. The number of nitrogens with zero attached hydrogens (tertiary/aromatic N) is 1. The van der Waals surface area contributed by atoms with Crippen molar-refractivity contribution in [2.75, 3.05) is 13.1 Å². The van der Waals surface area contributed by atoms with Gasteiger partial charge in [-0.05, 0) is 25.5 Å². The van der Waals surface area contributed by atoms with Crippen molar-refractivity contribution in [2.45, 2.75) is 20.3 Å². The van der Waals surface area contributed by atoms with Gasteiger partial charge in [-0.2, -0.15) is 0 Å². The first-order valence-corrected chi connectivity index (χ1v) is 5.83. The number of carboxylic acid groups (broad SMARTS) is 1. The van der Waals surface area contributed by atoms with Crippen molar-refractivity contribution in [1.29, 1.82) is 0 Å². The Hall–Kier alpha value is -1.98. The van der Waals surface area contributed by atoms with E-state index in [-0.39, 0.29) is 30.6 Å². The van der Waals surface area contributed by atoms with Crippen LogP contribution in [0.5, 0.6) is 0 Å². The Kier molecular flexibility index (Phi) is 4.97. The lowest BCUT2D eigenvalue weighted by molar-refractivity contribution is -0.137. The number of halogens is 2. The molecule has 0 aliphatic carbocycles. The number of hydrogen-bond donors (Lipinski definition) is 1. The molecule has 4 nitrogen and oxygen atoms in total. The summed E-state index contributed by atoms with van der Waals surface area (Å²) in [4.78, 5) is 23.7. The van der Waals surface area contributed by atoms with E-state index in [9.17, 15) is 18.4 Å². The van der Waals surface area contributed by atoms with Crippen LogP contribution in [0.2, 0.25) is 0 Å². The van der Waals surface area contributed by atoms with Crippen LogP contribution in [0.25, 0.3) is 0 Å². The zero-order valence-electron chi connectivity index (χ0n) is 10.7. The highest BCUT2D eigenvalue weighted by Gasteiger charge is 2.20. The number of carbonyl (C=O) groups excluding carboxylic acids is 1. The van der Waals surface area contributed by atoms with Gasteiger partial charge in [0.1, 0.15) is 11.6 Å². The van der Waals surface area contributed by atoms with Crippen LogP contribution in [-0.2, 0) is 4.79 Å². The van der Waals surface area contributed by atoms with Gasteiger partial charge in [0, 0.05) is 19.2 Å². The van der Waals surface area contributed by atoms with Crippen LogP contribution in [0.3, 0.4) is 0 Å². The minimum absolute atomic E-state index is 0.0134. The predicted molar refractivity (Wildman–Crippen MR) is 64.9 cm³/mol. The van der Waals surface area contributed by atoms with Gasteiger partial charge in [-0.1, -0.05) is 0 Å². The van der Waals surface area contributed by atoms with E-state index in [4.69, 9.17) is 5.11 Å². The molecule has 0 bridgehead atoms. The van der Waals surface area contributed by atoms with Crippen molar-refractivity contribution in [3.63, 3.8) is 0 Å². The van der Waals surface area contributed by atoms with Crippen molar-refractivity contribution in [1.82, 2.24) is 4.90 Å². The van der Waals surface area contributed by atoms with Crippen molar-refractivity contribution in [3.05, 3.63) is 34.9 Å². The van der Waals surface area contributed by atoms with Gasteiger partial charge in [-0.3, -0.25) is 9.59 Å². The van der Waals surface area contributed by atoms with E-state index in [1.165, 1.54) is 11.8 Å². The van der Waals surface area contributed by atoms with Crippen LogP contribution in [-0.4, -0.2) is 35.0 Å². The summed E-state index contributed by atoms with van der Waals surface area (Å²) >= 11 is 0. The molecule has 1 rings (SSSR count). The fourth-order valence-corrected chi connectivity index (χ4v) is 1.63. The molecule has 1 aromatic rings. The summed E-state index contributed by atoms with van der Waals surface area (Å²) < 4.78 is 26.7. The highest BCUT2D eigenvalue weighted by atomic mass is 19.1. The standard InChI is InChI=1S/C13H15F2NO3/c1-3-16(5-4-12(17)18)13(19)9-6-8(2)10(14)7-11(9)15/h6-7H,3-5H2,1-2H3,(H,17,18). The van der Waals surface area contributed by atoms with Crippen molar-refractivity contribution in [3.8, 4) is 0 Å². The lowest BCUT2D eigenvalue weighted by Gasteiger charge is -2.20. The predicted octanol–water partition coefficient (Wildman–Crippen LogP) is 2.21. The number of amides is 1. The van der Waals surface area contributed by atoms with E-state index in [1.807, 2.05) is 0 Å². The summed E-state index contributed by atoms with van der Waals surface area (Å²) in [7, 11) is 0. The normalized spacial score (nSPS) is 10.3. The molecule has 0 radical (unpaired) electrons. The molecule has 0 fully saturated rings. The van der Waals surface area contributed by atoms with E-state index in [0.717, 1.165) is 6.07 Å². The highest BCUT2D eigenvalue weighted by Crippen LogP contribution is 2.16. The second-order valence-electron chi connectivity index (χ2n) is 4.11. The van der Waals surface area contributed by atoms with Gasteiger partial charge in [0.2, 0.25) is 0 Å². The Labute approximate surface area is 109 Å². The van der Waals surface area contributed by atoms with E-state index in [2.05, 4.69) is 0 Å². The summed E-state index contributed by atoms with van der Waals surface area (Å²) in [6.45, 7) is 3.33. The fourth-order valence-electron chi connectivity index (χ4n) is 1.63. The van der Waals surface area contributed by atoms with E-state index >= 15 is 0 Å². The van der Waals surface area contributed by atoms with Gasteiger partial charge >= 0.3 is 5.97 Å². The maximum Gasteiger partial charge on any atom is 0.305 e. The Morgan fingerprint density at radius 2 is 1.89 bits per heavy atom. The van der Waals surface area contributed by atoms with Crippen LogP contribution in [0.4, 0.5) is 8.78 Å². The number of carboxylic acids is 1. The lowest BCUT2D eigenvalue weighted by Crippen LogP contribution is -2.33. The maximum absolute atomic E-state index is 13.6. The summed E-state index contributed by atoms with van der Waals surface area (Å²) in [5, 5.41) is 8.58. The second-order valence-corrected chi connectivity index (χ2v) is 4.11. The number of hydrogen-bond acceptors (Lipinski definition) is 2. The Balaban J connectivity index is 2.97. The molecular weight excluding hydrogens is 256 g/mol. The largest absolute Gasteiger partial charge is 0.481 e. The van der Waals surface area contributed by atoms with Crippen LogP contribution in [0.1, 0.15) is 29.3 Å². The molecule has 1 N–H and O–H groups in total. The molecule has 0 aliphatic rings. The number of rotatable bonds is 5. The maximum atomic E-state index is 13.6. The molecule has 0 saturated carbocycles. The van der Waals surface area contributed by atoms with Gasteiger partial charge < -0.3 is 10.0 Å². The molecule has 0 atom stereocenters. The minimum atomic E-state index is -1.04. The summed E-state index contributed by atoms with van der Waals surface area (Å²) in [6, 6.07) is 1.80. The zero-order valence-corrected chi connectivity index (χ0v) is 10.7. The van der Waals surface area contributed by atoms with Crippen molar-refractivity contribution in [2.24, 2.45) is 0 Å². The second kappa shape index (κ2) is 6.26. The Morgan fingerprint density at radius 1 is 1.26 bits per heavy atom. The quantitative estimate of drug-likeness (QED) is 0.893. The number of aliphatic carboxylic acids is 1. The first-order chi connectivity index (χ1) is 8.86. The Bertz CT molecular complexity index is 503. The lowest BCUT2D eigenvalue weighted by atomic mass is 10.1. The first-order valence-electron chi connectivity index (χ1n) is 5.83. The third-order valence-corrected chi connectivity index (χ3v) is 2.74. The molecule has 0 saturated heterocycles. The zero-order chi connectivity index (χ0) is 14.6. The van der Waals surface area contributed by atoms with Gasteiger partial charge in [0.25, 0.3) is 5.91 Å². The van der Waals surface area contributed by atoms with Crippen molar-refractivity contribution >= 4 is 11.9 Å². The molecule has 1 amide bonds. The average molecular weight is 271 g/mol. The van der Waals surface area contributed by atoms with Gasteiger partial charge in [0.15, 0.2) is 0 Å². The van der Waals surface area contributed by atoms with Crippen LogP contribution in [0, 0.1) is 18.6 Å². The number of carbonyl (C=O) groups is 2. The molecule has 0 heterocycles. The first kappa shape index (κ1) is 15.1. The molecule has 104 valence electrons. The summed E-state index contributed by atoms with van der Waals surface area (Å²) in [5.74, 6) is -3.34. The molecule has 0 unspecified atom stereocenters. The van der Waals surface area contributed by atoms with Crippen molar-refractivity contribution < 1.29 is 23.5 Å². The Morgan fingerprint density at radius 3 is 2.42 bits per heavy atom. The number of benzene rings is 1. The van der Waals surface area contributed by atoms with Crippen LogP contribution < -0.4 is 0 Å². The molecular formula is C13H15F2NO3. The van der Waals surface area contributed by atoms with E-state index in [0.29, 0.717) is 6.07 Å². The molecule has 0 aromatic heterocycles.